The lowest BCUT2D eigenvalue weighted by Gasteiger charge is -2.12. The number of carbonyl (C=O) groups is 2. The van der Waals surface area contributed by atoms with Gasteiger partial charge >= 0.3 is 0 Å². The Morgan fingerprint density at radius 2 is 1.83 bits per heavy atom. The van der Waals surface area contributed by atoms with Crippen LogP contribution in [-0.4, -0.2) is 46.4 Å². The lowest BCUT2D eigenvalue weighted by atomic mass is 10.2. The molecule has 0 radical (unpaired) electrons. The van der Waals surface area contributed by atoms with E-state index in [2.05, 4.69) is 15.3 Å². The number of thioether (sulfide) groups is 2. The molecule has 0 aliphatic heterocycles. The molecule has 7 nitrogen and oxygen atoms in total. The number of aryl methyl sites for hydroxylation is 1. The summed E-state index contributed by atoms with van der Waals surface area (Å²) in [5.41, 5.74) is 1.62. The largest absolute Gasteiger partial charge is 0.461 e. The van der Waals surface area contributed by atoms with Gasteiger partial charge in [0.2, 0.25) is 0 Å². The SMILES string of the molecule is CSc1nc(-c2ccco2)nc(C)c1C(=O)Nc1ccc(SC(=O)N(C)C)cc1. The third-order valence-electron chi connectivity index (χ3n) is 3.90. The number of hydrogen-bond acceptors (Lipinski definition) is 7. The zero-order chi connectivity index (χ0) is 21.0. The first-order valence-electron chi connectivity index (χ1n) is 8.66. The Hall–Kier alpha value is -2.78. The number of carbonyl (C=O) groups excluding carboxylic acids is 2. The predicted octanol–water partition coefficient (Wildman–Crippen LogP) is 4.79. The van der Waals surface area contributed by atoms with Crippen molar-refractivity contribution in [3.63, 3.8) is 0 Å². The van der Waals surface area contributed by atoms with Gasteiger partial charge in [-0.25, -0.2) is 9.97 Å². The molecule has 0 fully saturated rings. The highest BCUT2D eigenvalue weighted by Crippen LogP contribution is 2.27. The van der Waals surface area contributed by atoms with Crippen LogP contribution in [-0.2, 0) is 0 Å². The molecule has 0 bridgehead atoms. The fourth-order valence-corrected chi connectivity index (χ4v) is 3.74. The van der Waals surface area contributed by atoms with Crippen molar-refractivity contribution in [2.45, 2.75) is 16.8 Å². The summed E-state index contributed by atoms with van der Waals surface area (Å²) in [5.74, 6) is 0.707. The van der Waals surface area contributed by atoms with Gasteiger partial charge in [0.15, 0.2) is 11.6 Å². The monoisotopic (exact) mass is 428 g/mol. The maximum Gasteiger partial charge on any atom is 0.285 e. The number of nitrogens with zero attached hydrogens (tertiary/aromatic N) is 3. The second-order valence-corrected chi connectivity index (χ2v) is 8.05. The summed E-state index contributed by atoms with van der Waals surface area (Å²) >= 11 is 2.50. The molecular formula is C20H20N4O3S2. The highest BCUT2D eigenvalue weighted by atomic mass is 32.2. The summed E-state index contributed by atoms with van der Waals surface area (Å²) in [6.45, 7) is 1.77. The fraction of sp³-hybridized carbons (Fsp3) is 0.200. The summed E-state index contributed by atoms with van der Waals surface area (Å²) in [6.07, 6.45) is 3.42. The average Bonchev–Trinajstić information content (AvgIpc) is 3.23. The van der Waals surface area contributed by atoms with E-state index >= 15 is 0 Å². The van der Waals surface area contributed by atoms with Crippen LogP contribution in [0.25, 0.3) is 11.6 Å². The van der Waals surface area contributed by atoms with Crippen LogP contribution in [0.1, 0.15) is 16.1 Å². The van der Waals surface area contributed by atoms with Crippen molar-refractivity contribution in [1.82, 2.24) is 14.9 Å². The van der Waals surface area contributed by atoms with Crippen LogP contribution in [0.2, 0.25) is 0 Å². The molecule has 150 valence electrons. The molecule has 29 heavy (non-hydrogen) atoms. The molecule has 3 rings (SSSR count). The van der Waals surface area contributed by atoms with E-state index in [-0.39, 0.29) is 11.1 Å². The first-order valence-corrected chi connectivity index (χ1v) is 10.7. The van der Waals surface area contributed by atoms with Gasteiger partial charge in [-0.1, -0.05) is 0 Å². The Bertz CT molecular complexity index is 1020. The zero-order valence-corrected chi connectivity index (χ0v) is 18.1. The Kier molecular flexibility index (Phi) is 6.60. The summed E-state index contributed by atoms with van der Waals surface area (Å²) in [4.78, 5) is 35.9. The molecule has 9 heteroatoms. The average molecular weight is 429 g/mol. The van der Waals surface area contributed by atoms with Crippen LogP contribution in [0.4, 0.5) is 10.5 Å². The van der Waals surface area contributed by atoms with E-state index in [1.54, 1.807) is 63.7 Å². The van der Waals surface area contributed by atoms with Crippen molar-refractivity contribution in [2.24, 2.45) is 0 Å². The summed E-state index contributed by atoms with van der Waals surface area (Å²) in [6, 6.07) is 10.6. The zero-order valence-electron chi connectivity index (χ0n) is 16.4. The van der Waals surface area contributed by atoms with Gasteiger partial charge in [-0.2, -0.15) is 0 Å². The second-order valence-electron chi connectivity index (χ2n) is 6.24. The molecule has 0 saturated carbocycles. The Morgan fingerprint density at radius 3 is 2.41 bits per heavy atom. The van der Waals surface area contributed by atoms with Gasteiger partial charge in [0, 0.05) is 24.7 Å². The molecule has 3 aromatic rings. The lowest BCUT2D eigenvalue weighted by Crippen LogP contribution is -2.17. The first-order chi connectivity index (χ1) is 13.9. The summed E-state index contributed by atoms with van der Waals surface area (Å²) in [7, 11) is 3.41. The molecule has 0 saturated heterocycles. The van der Waals surface area contributed by atoms with Gasteiger partial charge in [0.25, 0.3) is 11.1 Å². The number of amides is 2. The number of nitrogens with one attached hydrogen (secondary N) is 1. The molecule has 2 heterocycles. The van der Waals surface area contributed by atoms with Gasteiger partial charge in [-0.15, -0.1) is 11.8 Å². The molecule has 2 amide bonds. The van der Waals surface area contributed by atoms with E-state index in [1.165, 1.54) is 16.7 Å². The summed E-state index contributed by atoms with van der Waals surface area (Å²) in [5, 5.41) is 3.39. The molecule has 0 aliphatic rings. The van der Waals surface area contributed by atoms with Gasteiger partial charge in [-0.05, 0) is 61.3 Å². The number of rotatable bonds is 5. The van der Waals surface area contributed by atoms with Crippen molar-refractivity contribution in [2.75, 3.05) is 25.7 Å². The van der Waals surface area contributed by atoms with Crippen LogP contribution in [0.5, 0.6) is 0 Å². The number of anilines is 1. The van der Waals surface area contributed by atoms with E-state index in [4.69, 9.17) is 4.42 Å². The quantitative estimate of drug-likeness (QED) is 0.461. The maximum atomic E-state index is 12.9. The van der Waals surface area contributed by atoms with Crippen molar-refractivity contribution < 1.29 is 14.0 Å². The van der Waals surface area contributed by atoms with Crippen LogP contribution in [0, 0.1) is 6.92 Å². The molecule has 2 aromatic heterocycles. The van der Waals surface area contributed by atoms with Crippen LogP contribution in [0.15, 0.2) is 57.0 Å². The normalized spacial score (nSPS) is 10.6. The van der Waals surface area contributed by atoms with Crippen molar-refractivity contribution in [3.05, 3.63) is 53.9 Å². The minimum atomic E-state index is -0.289. The van der Waals surface area contributed by atoms with Gasteiger partial charge < -0.3 is 14.6 Å². The fourth-order valence-electron chi connectivity index (χ4n) is 2.46. The minimum Gasteiger partial charge on any atom is -0.461 e. The predicted molar refractivity (Wildman–Crippen MR) is 116 cm³/mol. The molecule has 0 aliphatic carbocycles. The van der Waals surface area contributed by atoms with Crippen molar-refractivity contribution in [3.8, 4) is 11.6 Å². The number of benzene rings is 1. The standard InChI is InChI=1S/C20H20N4O3S2/c1-12-16(19(28-4)23-17(21-12)15-6-5-11-27-15)18(25)22-13-7-9-14(10-8-13)29-20(26)24(2)3/h5-11H,1-4H3,(H,22,25). The maximum absolute atomic E-state index is 12.9. The number of hydrogen-bond donors (Lipinski definition) is 1. The van der Waals surface area contributed by atoms with E-state index < -0.39 is 0 Å². The highest BCUT2D eigenvalue weighted by molar-refractivity contribution is 8.13. The Labute approximate surface area is 177 Å². The van der Waals surface area contributed by atoms with Gasteiger partial charge in [0.05, 0.1) is 17.5 Å². The minimum absolute atomic E-state index is 0.0594. The smallest absolute Gasteiger partial charge is 0.285 e. The van der Waals surface area contributed by atoms with Crippen molar-refractivity contribution in [1.29, 1.82) is 0 Å². The van der Waals surface area contributed by atoms with Crippen molar-refractivity contribution >= 4 is 40.4 Å². The van der Waals surface area contributed by atoms with Crippen LogP contribution in [0.3, 0.4) is 0 Å². The molecule has 1 N–H and O–H groups in total. The topological polar surface area (TPSA) is 88.3 Å². The second kappa shape index (κ2) is 9.15. The molecule has 0 unspecified atom stereocenters. The van der Waals surface area contributed by atoms with Gasteiger partial charge in [0.1, 0.15) is 5.03 Å². The van der Waals surface area contributed by atoms with E-state index in [0.29, 0.717) is 33.6 Å². The third kappa shape index (κ3) is 4.99. The molecular weight excluding hydrogens is 408 g/mol. The number of aromatic nitrogens is 2. The third-order valence-corrected chi connectivity index (χ3v) is 5.63. The van der Waals surface area contributed by atoms with E-state index in [9.17, 15) is 9.59 Å². The molecule has 1 aromatic carbocycles. The van der Waals surface area contributed by atoms with Crippen LogP contribution < -0.4 is 5.32 Å². The highest BCUT2D eigenvalue weighted by Gasteiger charge is 2.20. The Morgan fingerprint density at radius 1 is 1.10 bits per heavy atom. The summed E-state index contributed by atoms with van der Waals surface area (Å²) < 4.78 is 5.36. The first kappa shape index (κ1) is 20.9. The lowest BCUT2D eigenvalue weighted by molar-refractivity contribution is 0.102. The molecule has 0 spiro atoms. The van der Waals surface area contributed by atoms with E-state index in [0.717, 1.165) is 16.7 Å². The van der Waals surface area contributed by atoms with E-state index in [1.807, 2.05) is 6.26 Å². The Balaban J connectivity index is 1.79. The van der Waals surface area contributed by atoms with Gasteiger partial charge in [-0.3, -0.25) is 9.59 Å². The number of furan rings is 1. The molecule has 0 atom stereocenters. The van der Waals surface area contributed by atoms with Crippen LogP contribution >= 0.6 is 23.5 Å².